The lowest BCUT2D eigenvalue weighted by atomic mass is 10.0. The van der Waals surface area contributed by atoms with E-state index in [9.17, 15) is 14.3 Å². The van der Waals surface area contributed by atoms with Crippen molar-refractivity contribution in [2.45, 2.75) is 40.7 Å². The van der Waals surface area contributed by atoms with E-state index in [-0.39, 0.29) is 12.2 Å². The van der Waals surface area contributed by atoms with E-state index < -0.39 is 5.97 Å². The summed E-state index contributed by atoms with van der Waals surface area (Å²) in [6.45, 7) is 9.54. The molecule has 0 fully saturated rings. The number of carboxylic acid groups (broad SMARTS) is 1. The first-order valence-electron chi connectivity index (χ1n) is 10.5. The second-order valence-electron chi connectivity index (χ2n) is 8.61. The van der Waals surface area contributed by atoms with Crippen LogP contribution in [0, 0.1) is 17.7 Å². The van der Waals surface area contributed by atoms with Gasteiger partial charge >= 0.3 is 5.97 Å². The third-order valence-electron chi connectivity index (χ3n) is 4.69. The molecule has 0 aliphatic rings. The molecule has 31 heavy (non-hydrogen) atoms. The van der Waals surface area contributed by atoms with Crippen LogP contribution < -0.4 is 4.74 Å². The molecule has 5 nitrogen and oxygen atoms in total. The number of hydrogen-bond acceptors (Lipinski definition) is 3. The molecule has 6 heteroatoms. The summed E-state index contributed by atoms with van der Waals surface area (Å²) in [6.07, 6.45) is -0.0824. The van der Waals surface area contributed by atoms with E-state index in [0.29, 0.717) is 42.0 Å². The molecule has 0 bridgehead atoms. The Morgan fingerprint density at radius 2 is 1.87 bits per heavy atom. The van der Waals surface area contributed by atoms with Crippen LogP contribution in [0.2, 0.25) is 0 Å². The maximum Gasteiger partial charge on any atom is 0.307 e. The van der Waals surface area contributed by atoms with Gasteiger partial charge in [0.05, 0.1) is 24.4 Å². The Labute approximate surface area is 182 Å². The number of nitrogens with zero attached hydrogens (tertiary/aromatic N) is 2. The Bertz CT molecular complexity index is 1060. The summed E-state index contributed by atoms with van der Waals surface area (Å²) in [7, 11) is 0. The number of halogens is 1. The van der Waals surface area contributed by atoms with Crippen LogP contribution >= 0.6 is 0 Å². The van der Waals surface area contributed by atoms with Gasteiger partial charge in [0, 0.05) is 17.7 Å². The van der Waals surface area contributed by atoms with Gasteiger partial charge in [-0.25, -0.2) is 4.39 Å². The number of rotatable bonds is 9. The molecule has 1 heterocycles. The molecule has 0 amide bonds. The van der Waals surface area contributed by atoms with Gasteiger partial charge in [0.1, 0.15) is 11.6 Å². The largest absolute Gasteiger partial charge is 0.493 e. The summed E-state index contributed by atoms with van der Waals surface area (Å²) in [6, 6.07) is 13.8. The zero-order valence-electron chi connectivity index (χ0n) is 18.4. The molecule has 3 aromatic rings. The molecular weight excluding hydrogens is 395 g/mol. The molecule has 0 saturated carbocycles. The van der Waals surface area contributed by atoms with Gasteiger partial charge in [0.2, 0.25) is 0 Å². The molecule has 3 rings (SSSR count). The average molecular weight is 425 g/mol. The SMILES string of the molecule is CC(C)COc1ccc(CC(=O)O)cc1-c1cc(-c2cccc(F)c2)n(CC(C)C)n1. The Balaban J connectivity index is 2.12. The van der Waals surface area contributed by atoms with Gasteiger partial charge < -0.3 is 9.84 Å². The quantitative estimate of drug-likeness (QED) is 0.480. The first kappa shape index (κ1) is 22.5. The van der Waals surface area contributed by atoms with Gasteiger partial charge in [-0.3, -0.25) is 9.48 Å². The van der Waals surface area contributed by atoms with E-state index in [1.807, 2.05) is 22.9 Å². The van der Waals surface area contributed by atoms with Crippen molar-refractivity contribution < 1.29 is 19.0 Å². The van der Waals surface area contributed by atoms with Gasteiger partial charge in [-0.05, 0) is 47.7 Å². The summed E-state index contributed by atoms with van der Waals surface area (Å²) >= 11 is 0. The minimum atomic E-state index is -0.896. The lowest BCUT2D eigenvalue weighted by molar-refractivity contribution is -0.136. The van der Waals surface area contributed by atoms with Gasteiger partial charge in [-0.1, -0.05) is 45.9 Å². The lowest BCUT2D eigenvalue weighted by Gasteiger charge is -2.13. The highest BCUT2D eigenvalue weighted by Crippen LogP contribution is 2.34. The van der Waals surface area contributed by atoms with Crippen molar-refractivity contribution in [3.05, 3.63) is 59.9 Å². The summed E-state index contributed by atoms with van der Waals surface area (Å²) in [5.41, 5.74) is 3.63. The minimum Gasteiger partial charge on any atom is -0.493 e. The molecule has 0 aliphatic carbocycles. The predicted molar refractivity (Wildman–Crippen MR) is 120 cm³/mol. The zero-order valence-corrected chi connectivity index (χ0v) is 18.4. The zero-order chi connectivity index (χ0) is 22.5. The summed E-state index contributed by atoms with van der Waals surface area (Å²) in [5, 5.41) is 14.0. The van der Waals surface area contributed by atoms with Crippen molar-refractivity contribution in [3.8, 4) is 28.3 Å². The molecule has 2 aromatic carbocycles. The molecule has 0 spiro atoms. The summed E-state index contributed by atoms with van der Waals surface area (Å²) in [4.78, 5) is 11.2. The monoisotopic (exact) mass is 424 g/mol. The molecule has 0 atom stereocenters. The molecule has 1 N–H and O–H groups in total. The number of aromatic nitrogens is 2. The second kappa shape index (κ2) is 9.77. The summed E-state index contributed by atoms with van der Waals surface area (Å²) < 4.78 is 21.8. The fraction of sp³-hybridized carbons (Fsp3) is 0.360. The molecule has 1 aromatic heterocycles. The van der Waals surface area contributed by atoms with Crippen LogP contribution in [0.4, 0.5) is 4.39 Å². The third-order valence-corrected chi connectivity index (χ3v) is 4.69. The third kappa shape index (κ3) is 5.94. The number of benzene rings is 2. The van der Waals surface area contributed by atoms with Gasteiger partial charge in [-0.2, -0.15) is 5.10 Å². The van der Waals surface area contributed by atoms with Crippen LogP contribution in [0.1, 0.15) is 33.3 Å². The lowest BCUT2D eigenvalue weighted by Crippen LogP contribution is -2.08. The van der Waals surface area contributed by atoms with E-state index >= 15 is 0 Å². The topological polar surface area (TPSA) is 64.3 Å². The van der Waals surface area contributed by atoms with Crippen molar-refractivity contribution in [1.29, 1.82) is 0 Å². The highest BCUT2D eigenvalue weighted by atomic mass is 19.1. The predicted octanol–water partition coefficient (Wildman–Crippen LogP) is 5.67. The fourth-order valence-corrected chi connectivity index (χ4v) is 3.36. The first-order chi connectivity index (χ1) is 14.7. The van der Waals surface area contributed by atoms with Crippen molar-refractivity contribution >= 4 is 5.97 Å². The van der Waals surface area contributed by atoms with Crippen LogP contribution in [0.3, 0.4) is 0 Å². The van der Waals surface area contributed by atoms with E-state index in [2.05, 4.69) is 27.7 Å². The maximum atomic E-state index is 13.9. The second-order valence-corrected chi connectivity index (χ2v) is 8.61. The van der Waals surface area contributed by atoms with E-state index in [1.54, 1.807) is 18.2 Å². The van der Waals surface area contributed by atoms with Crippen LogP contribution in [0.25, 0.3) is 22.5 Å². The highest BCUT2D eigenvalue weighted by molar-refractivity contribution is 5.76. The van der Waals surface area contributed by atoms with Gasteiger partial charge in [0.25, 0.3) is 0 Å². The van der Waals surface area contributed by atoms with Crippen molar-refractivity contribution in [1.82, 2.24) is 9.78 Å². The first-order valence-corrected chi connectivity index (χ1v) is 10.5. The smallest absolute Gasteiger partial charge is 0.307 e. The fourth-order valence-electron chi connectivity index (χ4n) is 3.36. The van der Waals surface area contributed by atoms with E-state index in [4.69, 9.17) is 9.84 Å². The number of carbonyl (C=O) groups is 1. The molecule has 0 saturated heterocycles. The number of hydrogen-bond donors (Lipinski definition) is 1. The Kier molecular flexibility index (Phi) is 7.10. The molecule has 0 unspecified atom stereocenters. The Hall–Kier alpha value is -3.15. The average Bonchev–Trinajstić information content (AvgIpc) is 3.09. The van der Waals surface area contributed by atoms with Crippen LogP contribution in [-0.4, -0.2) is 27.5 Å². The number of carboxylic acids is 1. The maximum absolute atomic E-state index is 13.9. The molecule has 0 aliphatic heterocycles. The normalized spacial score (nSPS) is 11.3. The molecule has 164 valence electrons. The Morgan fingerprint density at radius 3 is 2.52 bits per heavy atom. The Morgan fingerprint density at radius 1 is 1.10 bits per heavy atom. The van der Waals surface area contributed by atoms with Gasteiger partial charge in [0.15, 0.2) is 0 Å². The number of aliphatic carboxylic acids is 1. The molecular formula is C25H29FN2O3. The van der Waals surface area contributed by atoms with Crippen molar-refractivity contribution in [2.75, 3.05) is 6.61 Å². The summed E-state index contributed by atoms with van der Waals surface area (Å²) in [5.74, 6) is 0.138. The highest BCUT2D eigenvalue weighted by Gasteiger charge is 2.17. The van der Waals surface area contributed by atoms with Gasteiger partial charge in [-0.15, -0.1) is 0 Å². The van der Waals surface area contributed by atoms with Crippen molar-refractivity contribution in [2.24, 2.45) is 11.8 Å². The van der Waals surface area contributed by atoms with Crippen LogP contribution in [-0.2, 0) is 17.8 Å². The standard InChI is InChI=1S/C25H29FN2O3/c1-16(2)14-28-23(19-6-5-7-20(26)12-19)13-22(27-28)21-10-18(11-25(29)30)8-9-24(21)31-15-17(3)4/h5-10,12-13,16-17H,11,14-15H2,1-4H3,(H,29,30). The molecule has 0 radical (unpaired) electrons. The minimum absolute atomic E-state index is 0.0824. The number of ether oxygens (including phenoxy) is 1. The van der Waals surface area contributed by atoms with Crippen LogP contribution in [0.5, 0.6) is 5.75 Å². The van der Waals surface area contributed by atoms with Crippen molar-refractivity contribution in [3.63, 3.8) is 0 Å². The van der Waals surface area contributed by atoms with Crippen LogP contribution in [0.15, 0.2) is 48.5 Å². The van der Waals surface area contributed by atoms with E-state index in [0.717, 1.165) is 16.8 Å². The van der Waals surface area contributed by atoms with E-state index in [1.165, 1.54) is 12.1 Å².